The summed E-state index contributed by atoms with van der Waals surface area (Å²) in [6.45, 7) is 2.01. The van der Waals surface area contributed by atoms with Crippen molar-refractivity contribution in [1.29, 1.82) is 0 Å². The molecule has 3 rings (SSSR count). The molecule has 1 amide bonds. The number of carbonyl (C=O) groups excluding carboxylic acids is 1. The topological polar surface area (TPSA) is 45.2 Å². The summed E-state index contributed by atoms with van der Waals surface area (Å²) in [4.78, 5) is 18.9. The molecule has 21 heavy (non-hydrogen) atoms. The number of thioether (sulfide) groups is 1. The average molecular weight is 305 g/mol. The van der Waals surface area contributed by atoms with Gasteiger partial charge in [-0.15, -0.1) is 0 Å². The van der Waals surface area contributed by atoms with Gasteiger partial charge in [-0.25, -0.2) is 4.98 Å². The third-order valence-corrected chi connectivity index (χ3v) is 6.11. The lowest BCUT2D eigenvalue weighted by atomic mass is 9.87. The first kappa shape index (κ1) is 14.7. The highest BCUT2D eigenvalue weighted by molar-refractivity contribution is 8.00. The molecule has 114 valence electrons. The smallest absolute Gasteiger partial charge is 0.254 e. The quantitative estimate of drug-likeness (QED) is 0.912. The van der Waals surface area contributed by atoms with Crippen molar-refractivity contribution in [3.8, 4) is 0 Å². The lowest BCUT2D eigenvalue weighted by Crippen LogP contribution is -2.48. The van der Waals surface area contributed by atoms with Crippen LogP contribution in [0, 0.1) is 0 Å². The van der Waals surface area contributed by atoms with E-state index in [1.54, 1.807) is 13.2 Å². The van der Waals surface area contributed by atoms with Gasteiger partial charge in [0.15, 0.2) is 0 Å². The van der Waals surface area contributed by atoms with Crippen molar-refractivity contribution in [3.05, 3.63) is 23.9 Å². The van der Waals surface area contributed by atoms with E-state index in [9.17, 15) is 4.79 Å². The van der Waals surface area contributed by atoms with Crippen molar-refractivity contribution >= 4 is 23.5 Å². The maximum Gasteiger partial charge on any atom is 0.254 e. The van der Waals surface area contributed by atoms with Gasteiger partial charge in [0.1, 0.15) is 5.82 Å². The Kier molecular flexibility index (Phi) is 4.38. The molecule has 1 saturated carbocycles. The third kappa shape index (κ3) is 3.03. The third-order valence-electron chi connectivity index (χ3n) is 4.57. The van der Waals surface area contributed by atoms with Crippen LogP contribution in [0.5, 0.6) is 0 Å². The molecule has 0 atom stereocenters. The van der Waals surface area contributed by atoms with Crippen molar-refractivity contribution in [2.45, 2.75) is 36.9 Å². The van der Waals surface area contributed by atoms with Gasteiger partial charge in [0.25, 0.3) is 5.91 Å². The van der Waals surface area contributed by atoms with Gasteiger partial charge in [-0.2, -0.15) is 11.8 Å². The molecule has 1 spiro atoms. The van der Waals surface area contributed by atoms with Gasteiger partial charge < -0.3 is 10.2 Å². The molecule has 0 aromatic carbocycles. The molecule has 1 aliphatic heterocycles. The number of hydrogen-bond donors (Lipinski definition) is 1. The number of aromatic nitrogens is 1. The van der Waals surface area contributed by atoms with Crippen molar-refractivity contribution in [1.82, 2.24) is 10.3 Å². The molecule has 0 bridgehead atoms. The zero-order valence-corrected chi connectivity index (χ0v) is 13.4. The molecule has 4 nitrogen and oxygen atoms in total. The zero-order valence-electron chi connectivity index (χ0n) is 12.6. The summed E-state index contributed by atoms with van der Waals surface area (Å²) < 4.78 is 0.383. The van der Waals surface area contributed by atoms with Crippen LogP contribution in [0.2, 0.25) is 0 Å². The van der Waals surface area contributed by atoms with E-state index >= 15 is 0 Å². The summed E-state index contributed by atoms with van der Waals surface area (Å²) in [6, 6.07) is 3.71. The van der Waals surface area contributed by atoms with Gasteiger partial charge in [0.05, 0.1) is 5.56 Å². The Morgan fingerprint density at radius 3 is 2.95 bits per heavy atom. The number of carbonyl (C=O) groups is 1. The molecule has 0 unspecified atom stereocenters. The van der Waals surface area contributed by atoms with Crippen LogP contribution in [0.1, 0.15) is 42.5 Å². The van der Waals surface area contributed by atoms with E-state index in [1.165, 1.54) is 32.1 Å². The summed E-state index contributed by atoms with van der Waals surface area (Å²) in [5.74, 6) is 1.93. The van der Waals surface area contributed by atoms with Crippen LogP contribution in [0.15, 0.2) is 18.3 Å². The largest absolute Gasteiger partial charge is 0.355 e. The number of nitrogens with one attached hydrogen (secondary N) is 1. The SMILES string of the molecule is CNC(=O)c1cccnc1N1CCSC2(CCCCC2)C1. The highest BCUT2D eigenvalue weighted by atomic mass is 32.2. The maximum absolute atomic E-state index is 12.1. The van der Waals surface area contributed by atoms with E-state index in [4.69, 9.17) is 0 Å². The van der Waals surface area contributed by atoms with Crippen molar-refractivity contribution in [2.75, 3.05) is 30.8 Å². The molecule has 2 fully saturated rings. The van der Waals surface area contributed by atoms with Crippen LogP contribution in [0.4, 0.5) is 5.82 Å². The first-order valence-corrected chi connectivity index (χ1v) is 8.79. The van der Waals surface area contributed by atoms with Gasteiger partial charge in [0.2, 0.25) is 0 Å². The first-order valence-electron chi connectivity index (χ1n) is 7.80. The van der Waals surface area contributed by atoms with Gasteiger partial charge in [-0.1, -0.05) is 19.3 Å². The van der Waals surface area contributed by atoms with Crippen LogP contribution < -0.4 is 10.2 Å². The summed E-state index contributed by atoms with van der Waals surface area (Å²) in [5, 5.41) is 2.72. The number of nitrogens with zero attached hydrogens (tertiary/aromatic N) is 2. The number of anilines is 1. The lowest BCUT2D eigenvalue weighted by Gasteiger charge is -2.45. The molecule has 2 aliphatic rings. The Labute approximate surface area is 130 Å². The minimum absolute atomic E-state index is 0.0472. The van der Waals surface area contributed by atoms with Gasteiger partial charge in [-0.3, -0.25) is 4.79 Å². The van der Waals surface area contributed by atoms with Crippen molar-refractivity contribution in [3.63, 3.8) is 0 Å². The maximum atomic E-state index is 12.1. The molecular formula is C16H23N3OS. The molecule has 2 heterocycles. The molecule has 1 N–H and O–H groups in total. The second kappa shape index (κ2) is 6.26. The van der Waals surface area contributed by atoms with Crippen LogP contribution in [-0.4, -0.2) is 41.5 Å². The molecular weight excluding hydrogens is 282 g/mol. The number of hydrogen-bond acceptors (Lipinski definition) is 4. The van der Waals surface area contributed by atoms with Crippen molar-refractivity contribution in [2.24, 2.45) is 0 Å². The second-order valence-corrected chi connectivity index (χ2v) is 7.53. The van der Waals surface area contributed by atoms with Crippen LogP contribution >= 0.6 is 11.8 Å². The fourth-order valence-electron chi connectivity index (χ4n) is 3.49. The number of pyridine rings is 1. The minimum atomic E-state index is -0.0472. The minimum Gasteiger partial charge on any atom is -0.355 e. The van der Waals surface area contributed by atoms with Gasteiger partial charge >= 0.3 is 0 Å². The predicted molar refractivity (Wildman–Crippen MR) is 88.1 cm³/mol. The Balaban J connectivity index is 1.85. The van der Waals surface area contributed by atoms with E-state index in [-0.39, 0.29) is 5.91 Å². The molecule has 1 aromatic heterocycles. The van der Waals surface area contributed by atoms with E-state index in [2.05, 4.69) is 27.0 Å². The molecule has 1 saturated heterocycles. The molecule has 1 aliphatic carbocycles. The normalized spacial score (nSPS) is 21.3. The second-order valence-electron chi connectivity index (χ2n) is 5.97. The highest BCUT2D eigenvalue weighted by Crippen LogP contribution is 2.43. The van der Waals surface area contributed by atoms with Gasteiger partial charge in [-0.05, 0) is 25.0 Å². The Morgan fingerprint density at radius 1 is 1.38 bits per heavy atom. The standard InChI is InChI=1S/C16H23N3OS/c1-17-15(20)13-6-5-9-18-14(13)19-10-11-21-16(12-19)7-3-2-4-8-16/h5-6,9H,2-4,7-8,10-12H2,1H3,(H,17,20). The van der Waals surface area contributed by atoms with Gasteiger partial charge in [0, 0.05) is 36.8 Å². The van der Waals surface area contributed by atoms with E-state index < -0.39 is 0 Å². The molecule has 0 radical (unpaired) electrons. The van der Waals surface area contributed by atoms with Crippen LogP contribution in [0.3, 0.4) is 0 Å². The number of amides is 1. The van der Waals surface area contributed by atoms with Crippen molar-refractivity contribution < 1.29 is 4.79 Å². The lowest BCUT2D eigenvalue weighted by molar-refractivity contribution is 0.0963. The molecule has 5 heteroatoms. The zero-order chi connectivity index (χ0) is 14.7. The van der Waals surface area contributed by atoms with E-state index in [0.29, 0.717) is 10.3 Å². The summed E-state index contributed by atoms with van der Waals surface area (Å²) in [5.41, 5.74) is 0.692. The monoisotopic (exact) mass is 305 g/mol. The number of rotatable bonds is 2. The average Bonchev–Trinajstić information content (AvgIpc) is 2.55. The van der Waals surface area contributed by atoms with E-state index in [1.807, 2.05) is 12.1 Å². The Hall–Kier alpha value is -1.23. The van der Waals surface area contributed by atoms with E-state index in [0.717, 1.165) is 24.7 Å². The van der Waals surface area contributed by atoms with Crippen LogP contribution in [-0.2, 0) is 0 Å². The summed E-state index contributed by atoms with van der Waals surface area (Å²) >= 11 is 2.13. The van der Waals surface area contributed by atoms with Crippen LogP contribution in [0.25, 0.3) is 0 Å². The highest BCUT2D eigenvalue weighted by Gasteiger charge is 2.38. The Morgan fingerprint density at radius 2 is 2.19 bits per heavy atom. The first-order chi connectivity index (χ1) is 10.2. The summed E-state index contributed by atoms with van der Waals surface area (Å²) in [7, 11) is 1.67. The summed E-state index contributed by atoms with van der Waals surface area (Å²) in [6.07, 6.45) is 8.44. The fourth-order valence-corrected chi connectivity index (χ4v) is 5.05. The predicted octanol–water partition coefficient (Wildman–Crippen LogP) is 2.70. The molecule has 1 aromatic rings. The fraction of sp³-hybridized carbons (Fsp3) is 0.625. The Bertz CT molecular complexity index is 508.